The van der Waals surface area contributed by atoms with Gasteiger partial charge in [0.2, 0.25) is 0 Å². The first-order chi connectivity index (χ1) is 40.4. The van der Waals surface area contributed by atoms with E-state index >= 15 is 0 Å². The third-order valence-electron chi connectivity index (χ3n) is 24.0. The summed E-state index contributed by atoms with van der Waals surface area (Å²) in [7, 11) is 0. The van der Waals surface area contributed by atoms with Crippen LogP contribution in [0, 0.1) is 0 Å². The standard InChI is InChI=1S/4C19H26O2.CH4/c4*1-3-4-8-19(2)9-7-14-11-15(20)16-12-5-6-13(10-12)17(16)18(14)21-19;/h4*11-13,20H,3-10H2,1-2H3;1H4/t2*12-,13+,19+;2*12-,13+,19-;/m1010./s1. The second kappa shape index (κ2) is 23.7. The zero-order valence-electron chi connectivity index (χ0n) is 53.0. The van der Waals surface area contributed by atoms with Gasteiger partial charge in [0.25, 0.3) is 0 Å². The van der Waals surface area contributed by atoms with E-state index in [1.807, 2.05) is 24.3 Å². The number of ether oxygens (including phenoxy) is 4. The van der Waals surface area contributed by atoms with Gasteiger partial charge in [-0.15, -0.1) is 0 Å². The van der Waals surface area contributed by atoms with Crippen LogP contribution in [0.3, 0.4) is 0 Å². The molecule has 4 fully saturated rings. The highest BCUT2D eigenvalue weighted by Crippen LogP contribution is 2.65. The van der Waals surface area contributed by atoms with Crippen molar-refractivity contribution in [1.82, 2.24) is 0 Å². The van der Waals surface area contributed by atoms with E-state index in [1.165, 1.54) is 195 Å². The van der Waals surface area contributed by atoms with Gasteiger partial charge < -0.3 is 39.4 Å². The maximum atomic E-state index is 10.4. The monoisotopic (exact) mass is 1160 g/mol. The molecule has 0 spiro atoms. The largest absolute Gasteiger partial charge is 0.508 e. The molecule has 0 unspecified atom stereocenters. The molecule has 4 aliphatic heterocycles. The number of fused-ring (bicyclic) bond motifs is 28. The van der Waals surface area contributed by atoms with Gasteiger partial charge >= 0.3 is 0 Å². The summed E-state index contributed by atoms with van der Waals surface area (Å²) in [5.74, 6) is 11.7. The quantitative estimate of drug-likeness (QED) is 0.111. The van der Waals surface area contributed by atoms with Crippen LogP contribution in [0.1, 0.15) is 357 Å². The number of aromatic hydroxyl groups is 4. The first kappa shape index (κ1) is 60.6. The summed E-state index contributed by atoms with van der Waals surface area (Å²) in [5, 5.41) is 41.7. The summed E-state index contributed by atoms with van der Waals surface area (Å²) in [4.78, 5) is 0. The molecule has 12 aliphatic rings. The molecule has 8 heteroatoms. The fourth-order valence-corrected chi connectivity index (χ4v) is 19.2. The predicted molar refractivity (Wildman–Crippen MR) is 344 cm³/mol. The Balaban J connectivity index is 0.000000111. The Kier molecular flexibility index (Phi) is 16.9. The molecule has 4 saturated carbocycles. The van der Waals surface area contributed by atoms with Gasteiger partial charge in [-0.05, 0) is 301 Å². The van der Waals surface area contributed by atoms with E-state index in [1.54, 1.807) is 0 Å². The van der Waals surface area contributed by atoms with Crippen molar-refractivity contribution < 1.29 is 39.4 Å². The van der Waals surface area contributed by atoms with E-state index in [2.05, 4.69) is 55.4 Å². The Morgan fingerprint density at radius 2 is 0.518 bits per heavy atom. The molecule has 8 nitrogen and oxygen atoms in total. The van der Waals surface area contributed by atoms with Crippen LogP contribution in [0.5, 0.6) is 46.0 Å². The molecule has 0 aromatic heterocycles. The van der Waals surface area contributed by atoms with Crippen LogP contribution in [0.25, 0.3) is 0 Å². The van der Waals surface area contributed by atoms with Gasteiger partial charge in [0.05, 0.1) is 0 Å². The minimum Gasteiger partial charge on any atom is -0.508 e. The van der Waals surface area contributed by atoms with Gasteiger partial charge in [-0.1, -0.05) is 60.8 Å². The molecule has 4 heterocycles. The first-order valence-electron chi connectivity index (χ1n) is 34.7. The highest BCUT2D eigenvalue weighted by molar-refractivity contribution is 5.64. The molecule has 464 valence electrons. The predicted octanol–water partition coefficient (Wildman–Crippen LogP) is 20.8. The third-order valence-corrected chi connectivity index (χ3v) is 24.0. The van der Waals surface area contributed by atoms with E-state index < -0.39 is 0 Å². The Hall–Kier alpha value is -4.72. The Bertz CT molecular complexity index is 2720. The minimum absolute atomic E-state index is 0. The fraction of sp³-hybridized carbons (Fsp3) is 0.688. The molecule has 4 aromatic carbocycles. The average Bonchev–Trinajstić information content (AvgIpc) is 1.89. The average molecular weight is 1160 g/mol. The Labute approximate surface area is 512 Å². The van der Waals surface area contributed by atoms with E-state index in [-0.39, 0.29) is 29.8 Å². The topological polar surface area (TPSA) is 118 Å². The maximum absolute atomic E-state index is 10.4. The molecule has 85 heavy (non-hydrogen) atoms. The molecule has 8 aliphatic carbocycles. The molecule has 4 aromatic rings. The number of unbranched alkanes of at least 4 members (excludes halogenated alkanes) is 4. The molecule has 16 rings (SSSR count). The van der Waals surface area contributed by atoms with Gasteiger partial charge in [0.15, 0.2) is 0 Å². The van der Waals surface area contributed by atoms with Crippen LogP contribution in [-0.2, 0) is 25.7 Å². The van der Waals surface area contributed by atoms with Crippen molar-refractivity contribution in [2.75, 3.05) is 0 Å². The smallest absolute Gasteiger partial charge is 0.127 e. The lowest BCUT2D eigenvalue weighted by molar-refractivity contribution is 0.0519. The van der Waals surface area contributed by atoms with Crippen molar-refractivity contribution in [3.05, 3.63) is 91.0 Å². The number of aryl methyl sites for hydroxylation is 4. The van der Waals surface area contributed by atoms with Gasteiger partial charge in [0, 0.05) is 44.5 Å². The lowest BCUT2D eigenvalue weighted by atomic mass is 9.83. The maximum Gasteiger partial charge on any atom is 0.127 e. The Morgan fingerprint density at radius 1 is 0.329 bits per heavy atom. The molecule has 12 atom stereocenters. The van der Waals surface area contributed by atoms with E-state index in [9.17, 15) is 20.4 Å². The van der Waals surface area contributed by atoms with Gasteiger partial charge in [-0.3, -0.25) is 0 Å². The number of phenolic OH excluding ortho intramolecular Hbond substituents is 4. The summed E-state index contributed by atoms with van der Waals surface area (Å²) in [6.07, 6.45) is 38.0. The van der Waals surface area contributed by atoms with Gasteiger partial charge in [-0.25, -0.2) is 0 Å². The van der Waals surface area contributed by atoms with E-state index in [0.717, 1.165) is 100 Å². The first-order valence-corrected chi connectivity index (χ1v) is 34.7. The molecule has 8 bridgehead atoms. The summed E-state index contributed by atoms with van der Waals surface area (Å²) in [5.41, 5.74) is 15.4. The zero-order chi connectivity index (χ0) is 58.5. The third kappa shape index (κ3) is 11.0. The normalized spacial score (nSPS) is 32.3. The fourth-order valence-electron chi connectivity index (χ4n) is 19.2. The molecule has 0 amide bonds. The van der Waals surface area contributed by atoms with Crippen molar-refractivity contribution in [3.8, 4) is 46.0 Å². The SMILES string of the molecule is C.CCCC[C@@]1(C)CCc2cc(O)c3c(c2O1)[C@@H]1CC[C@H]3C1.CCCC[C@@]1(C)CCc2cc(O)c3c(c2O1)[C@H]1CC[C@@H]3C1.CCCC[C@]1(C)CCc2cc(O)c3c(c2O1)[C@@H]1CC[C@H]3C1.CCCC[C@]1(C)CCc2cc(O)c3c(c2O1)[C@H]1CC[C@@H]3C1. The van der Waals surface area contributed by atoms with Crippen molar-refractivity contribution >= 4 is 0 Å². The number of hydrogen-bond acceptors (Lipinski definition) is 8. The second-order valence-electron chi connectivity index (χ2n) is 30.3. The van der Waals surface area contributed by atoms with Crippen molar-refractivity contribution in [2.24, 2.45) is 0 Å². The van der Waals surface area contributed by atoms with Crippen LogP contribution in [0.15, 0.2) is 24.3 Å². The molecule has 0 radical (unpaired) electrons. The van der Waals surface area contributed by atoms with Gasteiger partial charge in [0.1, 0.15) is 68.4 Å². The summed E-state index contributed by atoms with van der Waals surface area (Å²) < 4.78 is 26.2. The van der Waals surface area contributed by atoms with Crippen molar-refractivity contribution in [3.63, 3.8) is 0 Å². The highest BCUT2D eigenvalue weighted by atomic mass is 16.5. The molecule has 4 N–H and O–H groups in total. The summed E-state index contributed by atoms with van der Waals surface area (Å²) in [6.45, 7) is 18.1. The zero-order valence-corrected chi connectivity index (χ0v) is 53.0. The number of hydrogen-bond donors (Lipinski definition) is 4. The summed E-state index contributed by atoms with van der Waals surface area (Å²) >= 11 is 0. The van der Waals surface area contributed by atoms with Crippen LogP contribution >= 0.6 is 0 Å². The van der Waals surface area contributed by atoms with E-state index in [0.29, 0.717) is 70.3 Å². The van der Waals surface area contributed by atoms with Crippen LogP contribution in [0.4, 0.5) is 0 Å². The van der Waals surface area contributed by atoms with Crippen LogP contribution < -0.4 is 18.9 Å². The second-order valence-corrected chi connectivity index (χ2v) is 30.3. The van der Waals surface area contributed by atoms with Crippen molar-refractivity contribution in [2.45, 2.75) is 338 Å². The van der Waals surface area contributed by atoms with Gasteiger partial charge in [-0.2, -0.15) is 0 Å². The minimum atomic E-state index is -0.00438. The number of phenols is 4. The number of benzene rings is 4. The molecular formula is C77H108O8. The van der Waals surface area contributed by atoms with Crippen LogP contribution in [-0.4, -0.2) is 42.8 Å². The van der Waals surface area contributed by atoms with E-state index in [4.69, 9.17) is 18.9 Å². The highest BCUT2D eigenvalue weighted by Gasteiger charge is 2.49. The lowest BCUT2D eigenvalue weighted by Gasteiger charge is -2.38. The van der Waals surface area contributed by atoms with Crippen LogP contribution in [0.2, 0.25) is 0 Å². The molecule has 0 saturated heterocycles. The Morgan fingerprint density at radius 3 is 0.706 bits per heavy atom. The van der Waals surface area contributed by atoms with Crippen molar-refractivity contribution in [1.29, 1.82) is 0 Å². The molecular weight excluding hydrogens is 1050 g/mol. The lowest BCUT2D eigenvalue weighted by Crippen LogP contribution is -2.37. The number of rotatable bonds is 12. The summed E-state index contributed by atoms with van der Waals surface area (Å²) in [6, 6.07) is 7.98.